The average Bonchev–Trinajstić information content (AvgIpc) is 2.12. The van der Waals surface area contributed by atoms with Gasteiger partial charge < -0.3 is 9.84 Å². The third kappa shape index (κ3) is 3.49. The number of ether oxygens (including phenoxy) is 1. The molecule has 0 fully saturated rings. The topological polar surface area (TPSA) is 29.5 Å². The highest BCUT2D eigenvalue weighted by atomic mass is 16.5. The van der Waals surface area contributed by atoms with Gasteiger partial charge >= 0.3 is 0 Å². The average molecular weight is 186 g/mol. The summed E-state index contributed by atoms with van der Waals surface area (Å²) in [6.45, 7) is 8.14. The molecule has 0 aromatic heterocycles. The Morgan fingerprint density at radius 1 is 1.46 bits per heavy atom. The largest absolute Gasteiger partial charge is 0.396 e. The molecular formula is C11H22O2. The van der Waals surface area contributed by atoms with Crippen molar-refractivity contribution in [2.45, 2.75) is 38.7 Å². The Hall–Kier alpha value is -0.340. The van der Waals surface area contributed by atoms with E-state index in [9.17, 15) is 0 Å². The Labute approximate surface area is 81.6 Å². The molecule has 0 aromatic rings. The van der Waals surface area contributed by atoms with Gasteiger partial charge in [0.1, 0.15) is 0 Å². The number of methoxy groups -OCH3 is 1. The molecule has 78 valence electrons. The lowest BCUT2D eigenvalue weighted by Gasteiger charge is -2.35. The van der Waals surface area contributed by atoms with Gasteiger partial charge in [-0.2, -0.15) is 0 Å². The van der Waals surface area contributed by atoms with Crippen LogP contribution in [0.15, 0.2) is 12.7 Å². The Morgan fingerprint density at radius 2 is 2.08 bits per heavy atom. The summed E-state index contributed by atoms with van der Waals surface area (Å²) in [7, 11) is 1.72. The van der Waals surface area contributed by atoms with Crippen LogP contribution in [0.3, 0.4) is 0 Å². The highest BCUT2D eigenvalue weighted by Crippen LogP contribution is 2.30. The van der Waals surface area contributed by atoms with Crippen LogP contribution in [0.4, 0.5) is 0 Å². The molecule has 0 saturated heterocycles. The highest BCUT2D eigenvalue weighted by molar-refractivity contribution is 4.86. The SMILES string of the molecule is C=CCC[C@](CCO)(OC)C(C)C. The molecule has 0 amide bonds. The summed E-state index contributed by atoms with van der Waals surface area (Å²) in [5.74, 6) is 0.421. The van der Waals surface area contributed by atoms with Crippen molar-refractivity contribution in [1.82, 2.24) is 0 Å². The quantitative estimate of drug-likeness (QED) is 0.618. The summed E-state index contributed by atoms with van der Waals surface area (Å²) in [5.41, 5.74) is -0.178. The van der Waals surface area contributed by atoms with Gasteiger partial charge in [0.2, 0.25) is 0 Å². The molecule has 0 bridgehead atoms. The fourth-order valence-electron chi connectivity index (χ4n) is 1.68. The van der Waals surface area contributed by atoms with Gasteiger partial charge in [-0.3, -0.25) is 0 Å². The summed E-state index contributed by atoms with van der Waals surface area (Å²) in [6, 6.07) is 0. The first-order valence-corrected chi connectivity index (χ1v) is 4.90. The predicted molar refractivity (Wildman–Crippen MR) is 55.7 cm³/mol. The molecular weight excluding hydrogens is 164 g/mol. The smallest absolute Gasteiger partial charge is 0.0726 e. The van der Waals surface area contributed by atoms with Crippen molar-refractivity contribution in [2.75, 3.05) is 13.7 Å². The zero-order chi connectivity index (χ0) is 10.3. The zero-order valence-corrected chi connectivity index (χ0v) is 9.05. The number of hydrogen-bond acceptors (Lipinski definition) is 2. The lowest BCUT2D eigenvalue weighted by atomic mass is 9.83. The number of aliphatic hydroxyl groups excluding tert-OH is 1. The van der Waals surface area contributed by atoms with Gasteiger partial charge in [-0.05, 0) is 25.2 Å². The first-order valence-electron chi connectivity index (χ1n) is 4.90. The summed E-state index contributed by atoms with van der Waals surface area (Å²) in [6.07, 6.45) is 4.47. The van der Waals surface area contributed by atoms with E-state index in [0.29, 0.717) is 12.3 Å². The number of hydrogen-bond donors (Lipinski definition) is 1. The Bertz CT molecular complexity index is 143. The molecule has 0 unspecified atom stereocenters. The zero-order valence-electron chi connectivity index (χ0n) is 9.05. The lowest BCUT2D eigenvalue weighted by Crippen LogP contribution is -2.38. The van der Waals surface area contributed by atoms with Crippen LogP contribution in [0.2, 0.25) is 0 Å². The van der Waals surface area contributed by atoms with Gasteiger partial charge in [-0.25, -0.2) is 0 Å². The summed E-state index contributed by atoms with van der Waals surface area (Å²) in [4.78, 5) is 0. The van der Waals surface area contributed by atoms with Crippen LogP contribution in [-0.4, -0.2) is 24.4 Å². The molecule has 0 rings (SSSR count). The monoisotopic (exact) mass is 186 g/mol. The molecule has 13 heavy (non-hydrogen) atoms. The molecule has 2 heteroatoms. The molecule has 0 aliphatic heterocycles. The summed E-state index contributed by atoms with van der Waals surface area (Å²) >= 11 is 0. The van der Waals surface area contributed by atoms with Crippen LogP contribution in [0.5, 0.6) is 0 Å². The normalized spacial score (nSPS) is 15.8. The molecule has 0 spiro atoms. The fourth-order valence-corrected chi connectivity index (χ4v) is 1.68. The molecule has 0 radical (unpaired) electrons. The Morgan fingerprint density at radius 3 is 2.38 bits per heavy atom. The molecule has 1 N–H and O–H groups in total. The van der Waals surface area contributed by atoms with Crippen LogP contribution in [-0.2, 0) is 4.74 Å². The van der Waals surface area contributed by atoms with Crippen LogP contribution >= 0.6 is 0 Å². The van der Waals surface area contributed by atoms with E-state index in [2.05, 4.69) is 20.4 Å². The van der Waals surface area contributed by atoms with E-state index >= 15 is 0 Å². The van der Waals surface area contributed by atoms with Crippen molar-refractivity contribution in [3.63, 3.8) is 0 Å². The summed E-state index contributed by atoms with van der Waals surface area (Å²) in [5, 5.41) is 8.98. The fraction of sp³-hybridized carbons (Fsp3) is 0.818. The predicted octanol–water partition coefficient (Wildman–Crippen LogP) is 2.38. The number of allylic oxidation sites excluding steroid dienone is 1. The number of rotatable bonds is 7. The van der Waals surface area contributed by atoms with Crippen molar-refractivity contribution in [3.05, 3.63) is 12.7 Å². The Balaban J connectivity index is 4.34. The molecule has 0 aliphatic carbocycles. The third-order valence-corrected chi connectivity index (χ3v) is 2.77. The maximum absolute atomic E-state index is 8.98. The molecule has 0 aromatic carbocycles. The van der Waals surface area contributed by atoms with Crippen molar-refractivity contribution >= 4 is 0 Å². The molecule has 0 aliphatic rings. The molecule has 0 saturated carbocycles. The second-order valence-electron chi connectivity index (χ2n) is 3.72. The molecule has 2 nitrogen and oxygen atoms in total. The minimum Gasteiger partial charge on any atom is -0.396 e. The van der Waals surface area contributed by atoms with Crippen LogP contribution in [0.25, 0.3) is 0 Å². The Kier molecular flexibility index (Phi) is 6.00. The molecule has 1 atom stereocenters. The van der Waals surface area contributed by atoms with Gasteiger partial charge in [-0.1, -0.05) is 19.9 Å². The van der Waals surface area contributed by atoms with Crippen LogP contribution in [0, 0.1) is 5.92 Å². The molecule has 0 heterocycles. The standard InChI is InChI=1S/C11H22O2/c1-5-6-7-11(13-4,8-9-12)10(2)3/h5,10,12H,1,6-9H2,2-4H3/t11-/m1/s1. The van der Waals surface area contributed by atoms with E-state index < -0.39 is 0 Å². The van der Waals surface area contributed by atoms with Crippen molar-refractivity contribution < 1.29 is 9.84 Å². The minimum atomic E-state index is -0.178. The maximum Gasteiger partial charge on any atom is 0.0726 e. The van der Waals surface area contributed by atoms with Gasteiger partial charge in [-0.15, -0.1) is 6.58 Å². The van der Waals surface area contributed by atoms with E-state index in [0.717, 1.165) is 12.8 Å². The van der Waals surface area contributed by atoms with E-state index in [1.807, 2.05) is 6.08 Å². The van der Waals surface area contributed by atoms with Gasteiger partial charge in [0.15, 0.2) is 0 Å². The first kappa shape index (κ1) is 12.7. The first-order chi connectivity index (χ1) is 6.13. The van der Waals surface area contributed by atoms with Crippen LogP contribution in [0.1, 0.15) is 33.1 Å². The second kappa shape index (κ2) is 6.17. The second-order valence-corrected chi connectivity index (χ2v) is 3.72. The third-order valence-electron chi connectivity index (χ3n) is 2.77. The van der Waals surface area contributed by atoms with Crippen molar-refractivity contribution in [2.24, 2.45) is 5.92 Å². The minimum absolute atomic E-state index is 0.178. The van der Waals surface area contributed by atoms with Gasteiger partial charge in [0.25, 0.3) is 0 Å². The highest BCUT2D eigenvalue weighted by Gasteiger charge is 2.31. The summed E-state index contributed by atoms with van der Waals surface area (Å²) < 4.78 is 5.53. The van der Waals surface area contributed by atoms with Crippen molar-refractivity contribution in [3.8, 4) is 0 Å². The van der Waals surface area contributed by atoms with Gasteiger partial charge in [0, 0.05) is 13.7 Å². The van der Waals surface area contributed by atoms with Gasteiger partial charge in [0.05, 0.1) is 5.60 Å². The lowest BCUT2D eigenvalue weighted by molar-refractivity contribution is -0.0686. The maximum atomic E-state index is 8.98. The van der Waals surface area contributed by atoms with E-state index in [4.69, 9.17) is 9.84 Å². The van der Waals surface area contributed by atoms with E-state index in [1.165, 1.54) is 0 Å². The number of aliphatic hydroxyl groups is 1. The van der Waals surface area contributed by atoms with E-state index in [1.54, 1.807) is 7.11 Å². The van der Waals surface area contributed by atoms with Crippen molar-refractivity contribution in [1.29, 1.82) is 0 Å². The van der Waals surface area contributed by atoms with Crippen LogP contribution < -0.4 is 0 Å². The van der Waals surface area contributed by atoms with E-state index in [-0.39, 0.29) is 12.2 Å².